The molecule has 0 atom stereocenters. The van der Waals surface area contributed by atoms with E-state index in [4.69, 9.17) is 0 Å². The van der Waals surface area contributed by atoms with E-state index in [-0.39, 0.29) is 30.6 Å². The number of hydrogen-bond donors (Lipinski definition) is 1. The lowest BCUT2D eigenvalue weighted by molar-refractivity contribution is -0.133. The molecule has 2 rings (SSSR count). The monoisotopic (exact) mass is 306 g/mol. The fourth-order valence-electron chi connectivity index (χ4n) is 2.40. The van der Waals surface area contributed by atoms with Crippen LogP contribution in [0.2, 0.25) is 0 Å². The summed E-state index contributed by atoms with van der Waals surface area (Å²) in [5.41, 5.74) is 0.603. The molecule has 0 aliphatic heterocycles. The molecule has 1 aliphatic rings. The Morgan fingerprint density at radius 3 is 2.68 bits per heavy atom. The third-order valence-electron chi connectivity index (χ3n) is 3.56. The Balaban J connectivity index is 1.80. The van der Waals surface area contributed by atoms with Crippen molar-refractivity contribution in [2.24, 2.45) is 5.92 Å². The number of hydrogen-bond acceptors (Lipinski definition) is 2. The maximum absolute atomic E-state index is 13.1. The Hall–Kier alpha value is -1.91. The molecule has 1 N–H and O–H groups in total. The van der Waals surface area contributed by atoms with Crippen molar-refractivity contribution < 1.29 is 14.0 Å². The zero-order valence-electron chi connectivity index (χ0n) is 13.1. The van der Waals surface area contributed by atoms with Crippen molar-refractivity contribution in [2.45, 2.75) is 39.2 Å². The summed E-state index contributed by atoms with van der Waals surface area (Å²) in [6, 6.07) is 6.27. The van der Waals surface area contributed by atoms with E-state index >= 15 is 0 Å². The molecule has 0 spiro atoms. The molecular formula is C17H23FN2O2. The molecular weight excluding hydrogens is 283 g/mol. The van der Waals surface area contributed by atoms with Crippen LogP contribution in [0.25, 0.3) is 0 Å². The number of carbonyl (C=O) groups excluding carboxylic acids is 2. The van der Waals surface area contributed by atoms with E-state index < -0.39 is 0 Å². The smallest absolute Gasteiger partial charge is 0.242 e. The zero-order chi connectivity index (χ0) is 16.1. The largest absolute Gasteiger partial charge is 0.347 e. The zero-order valence-corrected chi connectivity index (χ0v) is 13.1. The van der Waals surface area contributed by atoms with Crippen LogP contribution in [0.1, 0.15) is 32.3 Å². The first-order valence-corrected chi connectivity index (χ1v) is 7.76. The molecule has 1 fully saturated rings. The summed E-state index contributed by atoms with van der Waals surface area (Å²) in [7, 11) is 0. The maximum atomic E-state index is 13.1. The minimum Gasteiger partial charge on any atom is -0.347 e. The molecule has 1 aliphatic carbocycles. The number of nitrogens with zero attached hydrogens (tertiary/aromatic N) is 1. The molecule has 0 aromatic heterocycles. The van der Waals surface area contributed by atoms with Crippen LogP contribution in [0.3, 0.4) is 0 Å². The van der Waals surface area contributed by atoms with Crippen LogP contribution in [-0.2, 0) is 16.0 Å². The highest BCUT2D eigenvalue weighted by Gasteiger charge is 2.32. The standard InChI is InChI=1S/C17H23FN2O2/c1-12(2)11-20(15-6-7-15)17(22)10-19-16(21)9-13-4-3-5-14(18)8-13/h3-5,8,12,15H,6-7,9-11H2,1-2H3,(H,19,21). The average molecular weight is 306 g/mol. The normalized spacial score (nSPS) is 14.0. The molecule has 22 heavy (non-hydrogen) atoms. The van der Waals surface area contributed by atoms with Crippen molar-refractivity contribution in [1.82, 2.24) is 10.2 Å². The summed E-state index contributed by atoms with van der Waals surface area (Å²) in [5.74, 6) is -0.256. The van der Waals surface area contributed by atoms with Crippen LogP contribution in [0.15, 0.2) is 24.3 Å². The molecule has 120 valence electrons. The summed E-state index contributed by atoms with van der Waals surface area (Å²) in [4.78, 5) is 25.9. The number of benzene rings is 1. The van der Waals surface area contributed by atoms with Gasteiger partial charge in [0.05, 0.1) is 13.0 Å². The summed E-state index contributed by atoms with van der Waals surface area (Å²) in [6.45, 7) is 4.89. The van der Waals surface area contributed by atoms with Gasteiger partial charge < -0.3 is 10.2 Å². The highest BCUT2D eigenvalue weighted by molar-refractivity contribution is 5.86. The van der Waals surface area contributed by atoms with Crippen LogP contribution in [-0.4, -0.2) is 35.8 Å². The van der Waals surface area contributed by atoms with Crippen molar-refractivity contribution >= 4 is 11.8 Å². The maximum Gasteiger partial charge on any atom is 0.242 e. The molecule has 5 heteroatoms. The van der Waals surface area contributed by atoms with Gasteiger partial charge in [0.1, 0.15) is 5.82 Å². The Bertz CT molecular complexity index is 541. The summed E-state index contributed by atoms with van der Waals surface area (Å²) < 4.78 is 13.1. The van der Waals surface area contributed by atoms with Crippen LogP contribution >= 0.6 is 0 Å². The topological polar surface area (TPSA) is 49.4 Å². The van der Waals surface area contributed by atoms with Crippen molar-refractivity contribution in [2.75, 3.05) is 13.1 Å². The molecule has 1 aromatic rings. The summed E-state index contributed by atoms with van der Waals surface area (Å²) in [6.07, 6.45) is 2.18. The number of amides is 2. The second-order valence-electron chi connectivity index (χ2n) is 6.25. The Labute approximate surface area is 130 Å². The van der Waals surface area contributed by atoms with Gasteiger partial charge in [-0.25, -0.2) is 4.39 Å². The van der Waals surface area contributed by atoms with Gasteiger partial charge in [0.15, 0.2) is 0 Å². The fraction of sp³-hybridized carbons (Fsp3) is 0.529. The van der Waals surface area contributed by atoms with Gasteiger partial charge in [0, 0.05) is 12.6 Å². The SMILES string of the molecule is CC(C)CN(C(=O)CNC(=O)Cc1cccc(F)c1)C1CC1. The van der Waals surface area contributed by atoms with E-state index in [2.05, 4.69) is 19.2 Å². The molecule has 0 bridgehead atoms. The number of carbonyl (C=O) groups is 2. The van der Waals surface area contributed by atoms with Gasteiger partial charge in [0.2, 0.25) is 11.8 Å². The van der Waals surface area contributed by atoms with Crippen molar-refractivity contribution in [3.8, 4) is 0 Å². The minimum absolute atomic E-state index is 0.0113. The first-order chi connectivity index (χ1) is 10.5. The van der Waals surface area contributed by atoms with Crippen LogP contribution in [0.5, 0.6) is 0 Å². The fourth-order valence-corrected chi connectivity index (χ4v) is 2.40. The Kier molecular flexibility index (Phi) is 5.52. The molecule has 1 aromatic carbocycles. The van der Waals surface area contributed by atoms with E-state index in [1.807, 2.05) is 4.90 Å². The molecule has 0 saturated heterocycles. The van der Waals surface area contributed by atoms with E-state index in [1.54, 1.807) is 12.1 Å². The first-order valence-electron chi connectivity index (χ1n) is 7.76. The van der Waals surface area contributed by atoms with E-state index in [1.165, 1.54) is 12.1 Å². The summed E-state index contributed by atoms with van der Waals surface area (Å²) in [5, 5.41) is 2.63. The number of halogens is 1. The highest BCUT2D eigenvalue weighted by Crippen LogP contribution is 2.27. The van der Waals surface area contributed by atoms with Gasteiger partial charge >= 0.3 is 0 Å². The Morgan fingerprint density at radius 1 is 1.36 bits per heavy atom. The second-order valence-corrected chi connectivity index (χ2v) is 6.25. The van der Waals surface area contributed by atoms with Gasteiger partial charge in [0.25, 0.3) is 0 Å². The van der Waals surface area contributed by atoms with Crippen molar-refractivity contribution in [3.63, 3.8) is 0 Å². The lowest BCUT2D eigenvalue weighted by atomic mass is 10.1. The summed E-state index contributed by atoms with van der Waals surface area (Å²) >= 11 is 0. The quantitative estimate of drug-likeness (QED) is 0.839. The first kappa shape index (κ1) is 16.5. The molecule has 0 unspecified atom stereocenters. The van der Waals surface area contributed by atoms with E-state index in [0.717, 1.165) is 19.4 Å². The number of rotatable bonds is 7. The molecule has 0 heterocycles. The van der Waals surface area contributed by atoms with Gasteiger partial charge in [-0.15, -0.1) is 0 Å². The Morgan fingerprint density at radius 2 is 2.09 bits per heavy atom. The van der Waals surface area contributed by atoms with Gasteiger partial charge in [-0.1, -0.05) is 26.0 Å². The van der Waals surface area contributed by atoms with Gasteiger partial charge in [-0.2, -0.15) is 0 Å². The highest BCUT2D eigenvalue weighted by atomic mass is 19.1. The molecule has 2 amide bonds. The van der Waals surface area contributed by atoms with Crippen LogP contribution < -0.4 is 5.32 Å². The van der Waals surface area contributed by atoms with Crippen LogP contribution in [0, 0.1) is 11.7 Å². The third kappa shape index (κ3) is 5.13. The van der Waals surface area contributed by atoms with E-state index in [0.29, 0.717) is 17.5 Å². The second kappa shape index (κ2) is 7.38. The lowest BCUT2D eigenvalue weighted by Crippen LogP contribution is -2.43. The lowest BCUT2D eigenvalue weighted by Gasteiger charge is -2.24. The van der Waals surface area contributed by atoms with Crippen molar-refractivity contribution in [3.05, 3.63) is 35.6 Å². The van der Waals surface area contributed by atoms with E-state index in [9.17, 15) is 14.0 Å². The predicted molar refractivity (Wildman–Crippen MR) is 82.7 cm³/mol. The molecule has 0 radical (unpaired) electrons. The minimum atomic E-state index is -0.363. The third-order valence-corrected chi connectivity index (χ3v) is 3.56. The van der Waals surface area contributed by atoms with Gasteiger partial charge in [-0.05, 0) is 36.5 Å². The van der Waals surface area contributed by atoms with Gasteiger partial charge in [-0.3, -0.25) is 9.59 Å². The average Bonchev–Trinajstić information content (AvgIpc) is 3.26. The molecule has 1 saturated carbocycles. The van der Waals surface area contributed by atoms with Crippen molar-refractivity contribution in [1.29, 1.82) is 0 Å². The molecule has 4 nitrogen and oxygen atoms in total. The van der Waals surface area contributed by atoms with Crippen LogP contribution in [0.4, 0.5) is 4.39 Å². The number of nitrogens with one attached hydrogen (secondary N) is 1. The predicted octanol–water partition coefficient (Wildman–Crippen LogP) is 2.13.